The molecule has 0 fully saturated rings. The molecule has 1 aliphatic heterocycles. The number of benzene rings is 2. The normalized spacial score (nSPS) is 11.9. The molecule has 2 heterocycles. The van der Waals surface area contributed by atoms with Crippen LogP contribution in [0.3, 0.4) is 0 Å². The predicted octanol–water partition coefficient (Wildman–Crippen LogP) is 3.76. The minimum Gasteiger partial charge on any atom is -0.454 e. The highest BCUT2D eigenvalue weighted by Gasteiger charge is 2.15. The Bertz CT molecular complexity index is 1020. The van der Waals surface area contributed by atoms with Crippen LogP contribution in [0, 0.1) is 11.6 Å². The molecule has 0 aliphatic carbocycles. The zero-order valence-electron chi connectivity index (χ0n) is 14.5. The number of hydrogen-bond donors (Lipinski definition) is 2. The van der Waals surface area contributed by atoms with Crippen molar-refractivity contribution in [1.82, 2.24) is 10.3 Å². The minimum absolute atomic E-state index is 0.113. The molecule has 3 aromatic rings. The number of nitrogens with zero attached hydrogens (tertiary/aromatic N) is 1. The van der Waals surface area contributed by atoms with Crippen molar-refractivity contribution in [3.63, 3.8) is 0 Å². The summed E-state index contributed by atoms with van der Waals surface area (Å²) in [6.07, 6.45) is 1.39. The zero-order chi connectivity index (χ0) is 19.5. The van der Waals surface area contributed by atoms with Gasteiger partial charge in [0, 0.05) is 18.4 Å². The Balaban J connectivity index is 1.44. The van der Waals surface area contributed by atoms with Crippen LogP contribution in [0.15, 0.2) is 54.7 Å². The summed E-state index contributed by atoms with van der Waals surface area (Å²) in [6.45, 7) is 0.439. The Hall–Kier alpha value is -3.68. The number of fused-ring (bicyclic) bond motifs is 1. The van der Waals surface area contributed by atoms with Crippen LogP contribution in [0.5, 0.6) is 11.5 Å². The van der Waals surface area contributed by atoms with Gasteiger partial charge < -0.3 is 20.1 Å². The first kappa shape index (κ1) is 17.7. The van der Waals surface area contributed by atoms with Gasteiger partial charge in [-0.15, -0.1) is 0 Å². The molecular weight excluding hydrogens is 368 g/mol. The number of hydrogen-bond acceptors (Lipinski definition) is 5. The second kappa shape index (κ2) is 7.51. The molecule has 142 valence electrons. The fourth-order valence-electron chi connectivity index (χ4n) is 2.72. The number of carbonyl (C=O) groups excluding carboxylic acids is 1. The number of aromatic nitrogens is 1. The van der Waals surface area contributed by atoms with E-state index in [-0.39, 0.29) is 24.7 Å². The molecule has 0 atom stereocenters. The van der Waals surface area contributed by atoms with E-state index in [4.69, 9.17) is 9.47 Å². The first-order valence-corrected chi connectivity index (χ1v) is 8.44. The zero-order valence-corrected chi connectivity index (χ0v) is 14.5. The topological polar surface area (TPSA) is 72.5 Å². The first-order chi connectivity index (χ1) is 13.6. The lowest BCUT2D eigenvalue weighted by Crippen LogP contribution is -2.23. The number of amides is 1. The van der Waals surface area contributed by atoms with Crippen LogP contribution in [-0.2, 0) is 6.54 Å². The molecule has 0 unspecified atom stereocenters. The third kappa shape index (κ3) is 3.71. The van der Waals surface area contributed by atoms with Gasteiger partial charge in [0.2, 0.25) is 6.79 Å². The van der Waals surface area contributed by atoms with Crippen molar-refractivity contribution in [2.45, 2.75) is 6.54 Å². The van der Waals surface area contributed by atoms with Crippen LogP contribution >= 0.6 is 0 Å². The van der Waals surface area contributed by atoms with E-state index in [0.29, 0.717) is 17.2 Å². The van der Waals surface area contributed by atoms with E-state index >= 15 is 0 Å². The number of carbonyl (C=O) groups is 1. The van der Waals surface area contributed by atoms with Gasteiger partial charge >= 0.3 is 0 Å². The Kier molecular flexibility index (Phi) is 4.76. The Morgan fingerprint density at radius 2 is 1.82 bits per heavy atom. The highest BCUT2D eigenvalue weighted by Crippen LogP contribution is 2.32. The van der Waals surface area contributed by atoms with Gasteiger partial charge in [-0.3, -0.25) is 9.78 Å². The maximum atomic E-state index is 13.8. The number of ether oxygens (including phenoxy) is 2. The van der Waals surface area contributed by atoms with Gasteiger partial charge in [-0.2, -0.15) is 0 Å². The standard InChI is InChI=1S/C20H15F2N3O3/c21-14-2-1-3-15(22)19(14)25-13-6-7-23-16(9-13)20(26)24-10-12-4-5-17-18(8-12)28-11-27-17/h1-9H,10-11H2,(H,23,25)(H,24,26). The number of nitrogens with one attached hydrogen (secondary N) is 2. The average Bonchev–Trinajstić information content (AvgIpc) is 3.17. The molecule has 4 rings (SSSR count). The second-order valence-corrected chi connectivity index (χ2v) is 6.02. The van der Waals surface area contributed by atoms with E-state index < -0.39 is 17.5 Å². The predicted molar refractivity (Wildman–Crippen MR) is 97.6 cm³/mol. The van der Waals surface area contributed by atoms with Crippen molar-refractivity contribution in [3.05, 3.63) is 77.6 Å². The van der Waals surface area contributed by atoms with Crippen LogP contribution in [0.2, 0.25) is 0 Å². The van der Waals surface area contributed by atoms with E-state index in [9.17, 15) is 13.6 Å². The molecule has 0 radical (unpaired) electrons. The molecule has 0 saturated carbocycles. The van der Waals surface area contributed by atoms with Crippen molar-refractivity contribution in [2.75, 3.05) is 12.1 Å². The maximum Gasteiger partial charge on any atom is 0.270 e. The summed E-state index contributed by atoms with van der Waals surface area (Å²) in [4.78, 5) is 16.4. The van der Waals surface area contributed by atoms with Gasteiger partial charge in [-0.05, 0) is 42.0 Å². The second-order valence-electron chi connectivity index (χ2n) is 6.02. The van der Waals surface area contributed by atoms with Crippen LogP contribution in [0.1, 0.15) is 16.1 Å². The molecular formula is C20H15F2N3O3. The smallest absolute Gasteiger partial charge is 0.270 e. The van der Waals surface area contributed by atoms with Crippen molar-refractivity contribution in [3.8, 4) is 11.5 Å². The van der Waals surface area contributed by atoms with E-state index in [1.54, 1.807) is 12.1 Å². The largest absolute Gasteiger partial charge is 0.454 e. The molecule has 1 aliphatic rings. The highest BCUT2D eigenvalue weighted by atomic mass is 19.1. The molecule has 0 spiro atoms. The van der Waals surface area contributed by atoms with E-state index in [1.165, 1.54) is 24.4 Å². The first-order valence-electron chi connectivity index (χ1n) is 8.44. The summed E-state index contributed by atoms with van der Waals surface area (Å²) < 4.78 is 38.1. The number of halogens is 2. The summed E-state index contributed by atoms with van der Waals surface area (Å²) in [5, 5.41) is 5.38. The third-order valence-corrected chi connectivity index (χ3v) is 4.11. The molecule has 2 N–H and O–H groups in total. The quantitative estimate of drug-likeness (QED) is 0.702. The van der Waals surface area contributed by atoms with Crippen molar-refractivity contribution in [1.29, 1.82) is 0 Å². The van der Waals surface area contributed by atoms with Crippen LogP contribution in [0.4, 0.5) is 20.2 Å². The van der Waals surface area contributed by atoms with Gasteiger partial charge in [0.05, 0.1) is 0 Å². The number of rotatable bonds is 5. The summed E-state index contributed by atoms with van der Waals surface area (Å²) >= 11 is 0. The molecule has 28 heavy (non-hydrogen) atoms. The van der Waals surface area contributed by atoms with Crippen molar-refractivity contribution in [2.24, 2.45) is 0 Å². The molecule has 6 nitrogen and oxygen atoms in total. The Morgan fingerprint density at radius 1 is 1.04 bits per heavy atom. The Labute approximate surface area is 159 Å². The molecule has 0 saturated heterocycles. The summed E-state index contributed by atoms with van der Waals surface area (Å²) in [5.74, 6) is -0.592. The van der Waals surface area contributed by atoms with Gasteiger partial charge in [0.25, 0.3) is 5.91 Å². The maximum absolute atomic E-state index is 13.8. The highest BCUT2D eigenvalue weighted by molar-refractivity contribution is 5.93. The van der Waals surface area contributed by atoms with Gasteiger partial charge in [0.1, 0.15) is 23.0 Å². The SMILES string of the molecule is O=C(NCc1ccc2c(c1)OCO2)c1cc(Nc2c(F)cccc2F)ccn1. The van der Waals surface area contributed by atoms with Gasteiger partial charge in [-0.1, -0.05) is 12.1 Å². The summed E-state index contributed by atoms with van der Waals surface area (Å²) in [6, 6.07) is 11.9. The molecule has 8 heteroatoms. The number of pyridine rings is 1. The van der Waals surface area contributed by atoms with Crippen molar-refractivity contribution < 1.29 is 23.0 Å². The molecule has 2 aromatic carbocycles. The summed E-state index contributed by atoms with van der Waals surface area (Å²) in [7, 11) is 0. The number of para-hydroxylation sites is 1. The van der Waals surface area contributed by atoms with Gasteiger partial charge in [0.15, 0.2) is 11.5 Å². The summed E-state index contributed by atoms with van der Waals surface area (Å²) in [5.41, 5.74) is 0.996. The van der Waals surface area contributed by atoms with Gasteiger partial charge in [-0.25, -0.2) is 8.78 Å². The third-order valence-electron chi connectivity index (χ3n) is 4.11. The monoisotopic (exact) mass is 383 g/mol. The molecule has 1 aromatic heterocycles. The molecule has 0 bridgehead atoms. The van der Waals surface area contributed by atoms with E-state index in [1.807, 2.05) is 6.07 Å². The average molecular weight is 383 g/mol. The number of anilines is 2. The van der Waals surface area contributed by atoms with Crippen LogP contribution in [0.25, 0.3) is 0 Å². The lowest BCUT2D eigenvalue weighted by molar-refractivity contribution is 0.0946. The Morgan fingerprint density at radius 3 is 2.64 bits per heavy atom. The van der Waals surface area contributed by atoms with E-state index in [2.05, 4.69) is 15.6 Å². The molecule has 1 amide bonds. The van der Waals surface area contributed by atoms with Crippen LogP contribution < -0.4 is 20.1 Å². The lowest BCUT2D eigenvalue weighted by Gasteiger charge is -2.10. The lowest BCUT2D eigenvalue weighted by atomic mass is 10.2. The van der Waals surface area contributed by atoms with Crippen molar-refractivity contribution >= 4 is 17.3 Å². The minimum atomic E-state index is -0.731. The van der Waals surface area contributed by atoms with Crippen LogP contribution in [-0.4, -0.2) is 17.7 Å². The van der Waals surface area contributed by atoms with E-state index in [0.717, 1.165) is 17.7 Å². The fourth-order valence-corrected chi connectivity index (χ4v) is 2.72. The fraction of sp³-hybridized carbons (Fsp3) is 0.100.